The van der Waals surface area contributed by atoms with Crippen molar-refractivity contribution in [3.63, 3.8) is 0 Å². The zero-order valence-corrected chi connectivity index (χ0v) is 16.9. The lowest BCUT2D eigenvalue weighted by Gasteiger charge is -2.38. The van der Waals surface area contributed by atoms with Gasteiger partial charge in [0.2, 0.25) is 5.66 Å². The molecule has 9 nitrogen and oxygen atoms in total. The number of nitrogens with one attached hydrogen (secondary N) is 1. The Morgan fingerprint density at radius 2 is 1.75 bits per heavy atom. The number of ether oxygens (including phenoxy) is 2. The molecule has 0 fully saturated rings. The number of anilines is 1. The van der Waals surface area contributed by atoms with E-state index in [1.807, 2.05) is 0 Å². The van der Waals surface area contributed by atoms with Crippen LogP contribution in [-0.4, -0.2) is 40.9 Å². The molecule has 164 valence electrons. The van der Waals surface area contributed by atoms with Gasteiger partial charge in [-0.2, -0.15) is 10.1 Å². The molecule has 0 radical (unpaired) electrons. The number of nitrogens with zero attached hydrogens (tertiary/aromatic N) is 3. The van der Waals surface area contributed by atoms with E-state index >= 15 is 0 Å². The van der Waals surface area contributed by atoms with Gasteiger partial charge < -0.3 is 14.8 Å². The zero-order valence-electron chi connectivity index (χ0n) is 16.9. The van der Waals surface area contributed by atoms with Gasteiger partial charge in [-0.05, 0) is 42.5 Å². The first-order valence-corrected chi connectivity index (χ1v) is 9.30. The number of halogens is 2. The smallest absolute Gasteiger partial charge is 0.355 e. The Kier molecular flexibility index (Phi) is 5.17. The zero-order chi connectivity index (χ0) is 23.0. The monoisotopic (exact) mass is 442 g/mol. The lowest BCUT2D eigenvalue weighted by atomic mass is 9.99. The van der Waals surface area contributed by atoms with Crippen LogP contribution in [0, 0.1) is 11.6 Å². The maximum atomic E-state index is 13.9. The maximum Gasteiger partial charge on any atom is 0.355 e. The van der Waals surface area contributed by atoms with Gasteiger partial charge in [0.05, 0.1) is 19.9 Å². The number of esters is 2. The molecule has 0 saturated carbocycles. The number of rotatable bonds is 4. The first-order valence-electron chi connectivity index (χ1n) is 9.30. The van der Waals surface area contributed by atoms with Gasteiger partial charge >= 0.3 is 11.9 Å². The van der Waals surface area contributed by atoms with E-state index in [1.54, 1.807) is 0 Å². The summed E-state index contributed by atoms with van der Waals surface area (Å²) in [6.45, 7) is 0. The van der Waals surface area contributed by atoms with Crippen molar-refractivity contribution < 1.29 is 27.8 Å². The molecular weight excluding hydrogens is 426 g/mol. The minimum Gasteiger partial charge on any atom is -0.469 e. The van der Waals surface area contributed by atoms with Gasteiger partial charge in [-0.3, -0.25) is 9.59 Å². The van der Waals surface area contributed by atoms with E-state index in [2.05, 4.69) is 15.4 Å². The lowest BCUT2D eigenvalue weighted by Crippen LogP contribution is -2.55. The third-order valence-corrected chi connectivity index (χ3v) is 5.00. The maximum absolute atomic E-state index is 13.9. The van der Waals surface area contributed by atoms with Crippen LogP contribution in [0.25, 0.3) is 22.6 Å². The summed E-state index contributed by atoms with van der Waals surface area (Å²) in [7, 11) is 2.23. The number of fused-ring (bicyclic) bond motifs is 3. The topological polar surface area (TPSA) is 112 Å². The normalized spacial score (nSPS) is 16.4. The van der Waals surface area contributed by atoms with Gasteiger partial charge in [-0.15, -0.1) is 0 Å². The van der Waals surface area contributed by atoms with E-state index in [4.69, 9.17) is 9.47 Å². The van der Waals surface area contributed by atoms with E-state index in [9.17, 15) is 23.2 Å². The van der Waals surface area contributed by atoms with Crippen LogP contribution < -0.4 is 10.9 Å². The Morgan fingerprint density at radius 1 is 1.06 bits per heavy atom. The van der Waals surface area contributed by atoms with Crippen molar-refractivity contribution in [3.05, 3.63) is 64.5 Å². The third-order valence-electron chi connectivity index (χ3n) is 5.00. The standard InChI is InChI=1S/C21H16F2N4O5/c1-31-16(28)10-21(20(30)32-2)25-15-9-13(23)7-8-14(15)18-24-19(29)17(26-27(18)21)11-3-5-12(22)6-4-11/h3-9,25H,10H2,1-2H3/t21-/m0/s1. The molecule has 0 bridgehead atoms. The number of hydrogen-bond donors (Lipinski definition) is 1. The quantitative estimate of drug-likeness (QED) is 0.611. The van der Waals surface area contributed by atoms with Crippen molar-refractivity contribution in [1.82, 2.24) is 14.8 Å². The Hall–Kier alpha value is -4.15. The summed E-state index contributed by atoms with van der Waals surface area (Å²) < 4.78 is 38.0. The molecular formula is C21H16F2N4O5. The average molecular weight is 442 g/mol. The van der Waals surface area contributed by atoms with Crippen LogP contribution in [-0.2, 0) is 24.7 Å². The number of carbonyl (C=O) groups excluding carboxylic acids is 2. The fourth-order valence-corrected chi connectivity index (χ4v) is 3.49. The second-order valence-corrected chi connectivity index (χ2v) is 6.93. The summed E-state index contributed by atoms with van der Waals surface area (Å²) in [5.41, 5.74) is -2.39. The highest BCUT2D eigenvalue weighted by atomic mass is 19.1. The summed E-state index contributed by atoms with van der Waals surface area (Å²) in [6, 6.07) is 8.53. The highest BCUT2D eigenvalue weighted by Crippen LogP contribution is 2.39. The minimum atomic E-state index is -2.03. The van der Waals surface area contributed by atoms with Crippen molar-refractivity contribution in [2.45, 2.75) is 12.1 Å². The van der Waals surface area contributed by atoms with E-state index in [-0.39, 0.29) is 28.3 Å². The predicted octanol–water partition coefficient (Wildman–Crippen LogP) is 2.06. The number of carbonyl (C=O) groups is 2. The summed E-state index contributed by atoms with van der Waals surface area (Å²) in [5, 5.41) is 7.11. The Bertz CT molecular complexity index is 1290. The molecule has 0 amide bonds. The fraction of sp³-hybridized carbons (Fsp3) is 0.190. The Morgan fingerprint density at radius 3 is 2.41 bits per heavy atom. The Labute approximate surface area is 179 Å². The first-order chi connectivity index (χ1) is 15.3. The highest BCUT2D eigenvalue weighted by molar-refractivity contribution is 5.92. The van der Waals surface area contributed by atoms with Crippen LogP contribution in [0.2, 0.25) is 0 Å². The molecule has 1 aromatic heterocycles. The molecule has 0 unspecified atom stereocenters. The molecule has 32 heavy (non-hydrogen) atoms. The second kappa shape index (κ2) is 7.84. The lowest BCUT2D eigenvalue weighted by molar-refractivity contribution is -0.157. The van der Waals surface area contributed by atoms with Crippen molar-refractivity contribution in [3.8, 4) is 22.6 Å². The molecule has 1 atom stereocenters. The molecule has 0 spiro atoms. The van der Waals surface area contributed by atoms with E-state index in [1.165, 1.54) is 18.2 Å². The summed E-state index contributed by atoms with van der Waals surface area (Å²) in [5.74, 6) is -3.00. The van der Waals surface area contributed by atoms with Crippen LogP contribution >= 0.6 is 0 Å². The minimum absolute atomic E-state index is 0.0936. The van der Waals surface area contributed by atoms with E-state index in [0.717, 1.165) is 43.2 Å². The Balaban J connectivity index is 2.05. The molecule has 3 aromatic rings. The molecule has 1 aliphatic rings. The van der Waals surface area contributed by atoms with Gasteiger partial charge in [0.1, 0.15) is 18.1 Å². The molecule has 1 aliphatic heterocycles. The summed E-state index contributed by atoms with van der Waals surface area (Å²) in [4.78, 5) is 42.1. The van der Waals surface area contributed by atoms with Gasteiger partial charge in [0.15, 0.2) is 11.5 Å². The molecule has 0 aliphatic carbocycles. The fourth-order valence-electron chi connectivity index (χ4n) is 3.49. The summed E-state index contributed by atoms with van der Waals surface area (Å²) in [6.07, 6.45) is -0.612. The van der Waals surface area contributed by atoms with Crippen LogP contribution in [0.15, 0.2) is 47.3 Å². The first kappa shape index (κ1) is 21.1. The molecule has 1 N–H and O–H groups in total. The molecule has 2 aromatic carbocycles. The van der Waals surface area contributed by atoms with Crippen LogP contribution in [0.5, 0.6) is 0 Å². The number of aromatic nitrogens is 3. The van der Waals surface area contributed by atoms with Gasteiger partial charge in [0, 0.05) is 11.1 Å². The average Bonchev–Trinajstić information content (AvgIpc) is 2.78. The largest absolute Gasteiger partial charge is 0.469 e. The van der Waals surface area contributed by atoms with Crippen molar-refractivity contribution in [1.29, 1.82) is 0 Å². The van der Waals surface area contributed by atoms with Gasteiger partial charge in [-0.25, -0.2) is 18.3 Å². The van der Waals surface area contributed by atoms with E-state index in [0.29, 0.717) is 0 Å². The van der Waals surface area contributed by atoms with Crippen molar-refractivity contribution >= 4 is 17.6 Å². The number of benzene rings is 2. The van der Waals surface area contributed by atoms with E-state index < -0.39 is 41.2 Å². The van der Waals surface area contributed by atoms with Crippen molar-refractivity contribution in [2.24, 2.45) is 0 Å². The number of hydrogen-bond acceptors (Lipinski definition) is 8. The molecule has 4 rings (SSSR count). The van der Waals surface area contributed by atoms with Gasteiger partial charge in [0.25, 0.3) is 5.56 Å². The van der Waals surface area contributed by atoms with Crippen molar-refractivity contribution in [2.75, 3.05) is 19.5 Å². The SMILES string of the molecule is COC(=O)C[C@]1(C(=O)OC)Nc2cc(F)ccc2-c2nc(=O)c(-c3ccc(F)cc3)nn21. The van der Waals surface area contributed by atoms with Gasteiger partial charge in [-0.1, -0.05) is 0 Å². The second-order valence-electron chi connectivity index (χ2n) is 6.93. The summed E-state index contributed by atoms with van der Waals surface area (Å²) >= 11 is 0. The van der Waals surface area contributed by atoms with Crippen LogP contribution in [0.1, 0.15) is 6.42 Å². The number of methoxy groups -OCH3 is 2. The third kappa shape index (κ3) is 3.37. The highest BCUT2D eigenvalue weighted by Gasteiger charge is 2.50. The van der Waals surface area contributed by atoms with Crippen LogP contribution in [0.4, 0.5) is 14.5 Å². The molecule has 2 heterocycles. The molecule has 11 heteroatoms. The predicted molar refractivity (Wildman–Crippen MR) is 107 cm³/mol. The van der Waals surface area contributed by atoms with Crippen LogP contribution in [0.3, 0.4) is 0 Å². The molecule has 0 saturated heterocycles.